The Morgan fingerprint density at radius 1 is 1.14 bits per heavy atom. The third kappa shape index (κ3) is 2.91. The molecule has 1 aromatic rings. The second kappa shape index (κ2) is 6.41. The molecule has 0 aromatic heterocycles. The van der Waals surface area contributed by atoms with Crippen molar-refractivity contribution in [2.45, 2.75) is 45.2 Å². The lowest BCUT2D eigenvalue weighted by Crippen LogP contribution is -2.59. The minimum Gasteiger partial charge on any atom is -0.345 e. The molecule has 3 atom stereocenters. The maximum absolute atomic E-state index is 12.8. The molecule has 120 valence electrons. The highest BCUT2D eigenvalue weighted by Crippen LogP contribution is 2.38. The van der Waals surface area contributed by atoms with Gasteiger partial charge in [-0.05, 0) is 51.1 Å². The Morgan fingerprint density at radius 2 is 1.82 bits per heavy atom. The number of likely N-dealkylation sites (tertiary alicyclic amines) is 2. The molecule has 2 saturated heterocycles. The number of rotatable bonds is 3. The molecule has 2 aliphatic heterocycles. The van der Waals surface area contributed by atoms with Gasteiger partial charge in [0.2, 0.25) is 5.91 Å². The van der Waals surface area contributed by atoms with Crippen LogP contribution in [-0.4, -0.2) is 47.9 Å². The van der Waals surface area contributed by atoms with Gasteiger partial charge in [0.15, 0.2) is 0 Å². The summed E-state index contributed by atoms with van der Waals surface area (Å²) in [6.45, 7) is 6.58. The number of nitrogens with zero attached hydrogens (tertiary/aromatic N) is 2. The van der Waals surface area contributed by atoms with Gasteiger partial charge in [0.1, 0.15) is 0 Å². The molecular weight excluding hydrogens is 272 g/mol. The first-order valence-electron chi connectivity index (χ1n) is 8.62. The summed E-state index contributed by atoms with van der Waals surface area (Å²) in [5.41, 5.74) is 1.35. The van der Waals surface area contributed by atoms with Crippen LogP contribution in [0.1, 0.15) is 32.3 Å². The molecule has 1 aromatic carbocycles. The first-order chi connectivity index (χ1) is 10.6. The van der Waals surface area contributed by atoms with Crippen molar-refractivity contribution in [1.82, 2.24) is 9.80 Å². The zero-order valence-corrected chi connectivity index (χ0v) is 14.0. The molecule has 3 unspecified atom stereocenters. The van der Waals surface area contributed by atoms with E-state index in [4.69, 9.17) is 0 Å². The average molecular weight is 300 g/mol. The second-order valence-corrected chi connectivity index (χ2v) is 7.21. The number of piperidine rings is 2. The quantitative estimate of drug-likeness (QED) is 0.857. The summed E-state index contributed by atoms with van der Waals surface area (Å²) in [5, 5.41) is 0. The van der Waals surface area contributed by atoms with Crippen molar-refractivity contribution < 1.29 is 4.79 Å². The van der Waals surface area contributed by atoms with Gasteiger partial charge >= 0.3 is 0 Å². The molecule has 2 fully saturated rings. The van der Waals surface area contributed by atoms with E-state index in [1.54, 1.807) is 0 Å². The van der Waals surface area contributed by atoms with E-state index in [2.05, 4.69) is 49.1 Å². The van der Waals surface area contributed by atoms with Crippen molar-refractivity contribution in [2.24, 2.45) is 11.8 Å². The Bertz CT molecular complexity index is 513. The lowest BCUT2D eigenvalue weighted by molar-refractivity contribution is -0.147. The molecule has 3 rings (SSSR count). The summed E-state index contributed by atoms with van der Waals surface area (Å²) >= 11 is 0. The van der Waals surface area contributed by atoms with E-state index < -0.39 is 0 Å². The van der Waals surface area contributed by atoms with Crippen LogP contribution in [0.3, 0.4) is 0 Å². The van der Waals surface area contributed by atoms with E-state index in [1.165, 1.54) is 18.4 Å². The predicted molar refractivity (Wildman–Crippen MR) is 89.6 cm³/mol. The molecule has 3 nitrogen and oxygen atoms in total. The van der Waals surface area contributed by atoms with Crippen molar-refractivity contribution >= 4 is 5.91 Å². The van der Waals surface area contributed by atoms with E-state index >= 15 is 0 Å². The van der Waals surface area contributed by atoms with Gasteiger partial charge in [0.05, 0.1) is 5.92 Å². The Hall–Kier alpha value is -1.35. The van der Waals surface area contributed by atoms with Gasteiger partial charge in [-0.25, -0.2) is 0 Å². The Labute approximate surface area is 134 Å². The van der Waals surface area contributed by atoms with E-state index in [-0.39, 0.29) is 5.92 Å². The molecule has 0 aliphatic carbocycles. The molecule has 3 heteroatoms. The lowest BCUT2D eigenvalue weighted by atomic mass is 9.72. The van der Waals surface area contributed by atoms with Gasteiger partial charge in [-0.1, -0.05) is 30.3 Å². The highest BCUT2D eigenvalue weighted by molar-refractivity contribution is 5.80. The van der Waals surface area contributed by atoms with Crippen LogP contribution >= 0.6 is 0 Å². The maximum Gasteiger partial charge on any atom is 0.227 e. The van der Waals surface area contributed by atoms with Crippen LogP contribution in [0.25, 0.3) is 0 Å². The zero-order valence-electron chi connectivity index (χ0n) is 14.0. The van der Waals surface area contributed by atoms with Crippen molar-refractivity contribution in [1.29, 1.82) is 0 Å². The van der Waals surface area contributed by atoms with Gasteiger partial charge in [0, 0.05) is 25.7 Å². The van der Waals surface area contributed by atoms with Crippen LogP contribution in [0.4, 0.5) is 0 Å². The molecule has 2 heterocycles. The number of hydrogen-bond donors (Lipinski definition) is 0. The summed E-state index contributed by atoms with van der Waals surface area (Å²) in [4.78, 5) is 17.3. The summed E-state index contributed by atoms with van der Waals surface area (Å²) in [5.74, 6) is 1.12. The lowest BCUT2D eigenvalue weighted by Gasteiger charge is -2.50. The molecule has 0 spiro atoms. The monoisotopic (exact) mass is 300 g/mol. The maximum atomic E-state index is 12.8. The zero-order chi connectivity index (χ0) is 15.7. The third-order valence-corrected chi connectivity index (χ3v) is 5.55. The number of carbonyl (C=O) groups excluding carboxylic acids is 1. The van der Waals surface area contributed by atoms with E-state index in [0.717, 1.165) is 19.5 Å². The number of benzene rings is 1. The minimum absolute atomic E-state index is 0.176. The predicted octanol–water partition coefficient (Wildman–Crippen LogP) is 2.81. The second-order valence-electron chi connectivity index (χ2n) is 7.21. The highest BCUT2D eigenvalue weighted by Gasteiger charge is 2.45. The smallest absolute Gasteiger partial charge is 0.227 e. The van der Waals surface area contributed by atoms with Gasteiger partial charge < -0.3 is 4.90 Å². The van der Waals surface area contributed by atoms with E-state index in [9.17, 15) is 4.79 Å². The van der Waals surface area contributed by atoms with Crippen LogP contribution in [0.2, 0.25) is 0 Å². The van der Waals surface area contributed by atoms with Gasteiger partial charge in [0.25, 0.3) is 0 Å². The van der Waals surface area contributed by atoms with Crippen molar-refractivity contribution in [3.05, 3.63) is 35.9 Å². The van der Waals surface area contributed by atoms with E-state index in [0.29, 0.717) is 23.9 Å². The van der Waals surface area contributed by atoms with Crippen molar-refractivity contribution in [2.75, 3.05) is 20.1 Å². The van der Waals surface area contributed by atoms with Crippen molar-refractivity contribution in [3.8, 4) is 0 Å². The standard InChI is InChI=1S/C19H28N2O/c1-14(2)21-12-10-16-9-11-20(3)19(22)18(16)17(21)13-15-7-5-4-6-8-15/h4-8,14,16-18H,9-13H2,1-3H3. The summed E-state index contributed by atoms with van der Waals surface area (Å²) < 4.78 is 0. The Balaban J connectivity index is 1.89. The highest BCUT2D eigenvalue weighted by atomic mass is 16.2. The molecule has 0 saturated carbocycles. The first-order valence-corrected chi connectivity index (χ1v) is 8.62. The van der Waals surface area contributed by atoms with Crippen LogP contribution in [-0.2, 0) is 11.2 Å². The third-order valence-electron chi connectivity index (χ3n) is 5.55. The number of amides is 1. The topological polar surface area (TPSA) is 23.6 Å². The van der Waals surface area contributed by atoms with Gasteiger partial charge in [-0.2, -0.15) is 0 Å². The molecule has 1 amide bonds. The van der Waals surface area contributed by atoms with Gasteiger partial charge in [-0.3, -0.25) is 9.69 Å². The summed E-state index contributed by atoms with van der Waals surface area (Å²) in [7, 11) is 1.96. The van der Waals surface area contributed by atoms with Gasteiger partial charge in [-0.15, -0.1) is 0 Å². The largest absolute Gasteiger partial charge is 0.345 e. The Kier molecular flexibility index (Phi) is 4.53. The average Bonchev–Trinajstić information content (AvgIpc) is 2.51. The molecule has 0 bridgehead atoms. The Morgan fingerprint density at radius 3 is 2.50 bits per heavy atom. The molecule has 0 N–H and O–H groups in total. The fraction of sp³-hybridized carbons (Fsp3) is 0.632. The normalized spacial score (nSPS) is 29.7. The van der Waals surface area contributed by atoms with Crippen LogP contribution in [0.5, 0.6) is 0 Å². The number of fused-ring (bicyclic) bond motifs is 1. The fourth-order valence-electron chi connectivity index (χ4n) is 4.34. The molecular formula is C19H28N2O. The number of carbonyl (C=O) groups is 1. The first kappa shape index (κ1) is 15.5. The number of hydrogen-bond acceptors (Lipinski definition) is 2. The fourth-order valence-corrected chi connectivity index (χ4v) is 4.34. The van der Waals surface area contributed by atoms with Crippen LogP contribution in [0, 0.1) is 11.8 Å². The molecule has 0 radical (unpaired) electrons. The van der Waals surface area contributed by atoms with Crippen molar-refractivity contribution in [3.63, 3.8) is 0 Å². The minimum atomic E-state index is 0.176. The SMILES string of the molecule is CC(C)N1CCC2CCN(C)C(=O)C2C1Cc1ccccc1. The van der Waals surface area contributed by atoms with Crippen LogP contribution < -0.4 is 0 Å². The van der Waals surface area contributed by atoms with E-state index in [1.807, 2.05) is 11.9 Å². The molecule has 2 aliphatic rings. The molecule has 22 heavy (non-hydrogen) atoms. The summed E-state index contributed by atoms with van der Waals surface area (Å²) in [6, 6.07) is 11.5. The van der Waals surface area contributed by atoms with Crippen LogP contribution in [0.15, 0.2) is 30.3 Å². The summed E-state index contributed by atoms with van der Waals surface area (Å²) in [6.07, 6.45) is 3.33.